The Labute approximate surface area is 84.3 Å². The summed E-state index contributed by atoms with van der Waals surface area (Å²) in [7, 11) is 0. The van der Waals surface area contributed by atoms with E-state index in [0.717, 1.165) is 31.4 Å². The molecule has 2 atom stereocenters. The monoisotopic (exact) mass is 189 g/mol. The number of nitrogens with one attached hydrogen (secondary N) is 1. The number of rotatable bonds is 0. The molecule has 0 amide bonds. The highest BCUT2D eigenvalue weighted by molar-refractivity contribution is 5.38. The van der Waals surface area contributed by atoms with E-state index in [9.17, 15) is 0 Å². The van der Waals surface area contributed by atoms with E-state index < -0.39 is 0 Å². The first-order valence-electron chi connectivity index (χ1n) is 5.37. The summed E-state index contributed by atoms with van der Waals surface area (Å²) in [6.07, 6.45) is 1.25. The number of benzene rings is 1. The molecule has 0 radical (unpaired) electrons. The van der Waals surface area contributed by atoms with Gasteiger partial charge in [0.25, 0.3) is 0 Å². The van der Waals surface area contributed by atoms with E-state index in [1.165, 1.54) is 12.0 Å². The molecular formula is C12H15NO. The van der Waals surface area contributed by atoms with Crippen LogP contribution in [-0.4, -0.2) is 19.7 Å². The predicted octanol–water partition coefficient (Wildman–Crippen LogP) is 1.77. The van der Waals surface area contributed by atoms with E-state index in [4.69, 9.17) is 4.74 Å². The Bertz CT molecular complexity index is 337. The molecular weight excluding hydrogens is 174 g/mol. The van der Waals surface area contributed by atoms with E-state index in [0.29, 0.717) is 5.92 Å². The Morgan fingerprint density at radius 1 is 1.29 bits per heavy atom. The van der Waals surface area contributed by atoms with Crippen LogP contribution in [0.25, 0.3) is 0 Å². The second-order valence-electron chi connectivity index (χ2n) is 4.21. The zero-order chi connectivity index (χ0) is 9.38. The Hall–Kier alpha value is -1.02. The number of para-hydroxylation sites is 1. The third-order valence-corrected chi connectivity index (χ3v) is 3.38. The molecule has 0 saturated carbocycles. The van der Waals surface area contributed by atoms with Crippen LogP contribution in [0.5, 0.6) is 5.75 Å². The number of hydrogen-bond acceptors (Lipinski definition) is 2. The average molecular weight is 189 g/mol. The van der Waals surface area contributed by atoms with Crippen LogP contribution in [0.1, 0.15) is 17.9 Å². The number of ether oxygens (including phenoxy) is 1. The van der Waals surface area contributed by atoms with E-state index in [-0.39, 0.29) is 0 Å². The molecule has 1 aromatic carbocycles. The maximum atomic E-state index is 5.75. The van der Waals surface area contributed by atoms with Gasteiger partial charge in [0.15, 0.2) is 0 Å². The third kappa shape index (κ3) is 1.22. The first kappa shape index (κ1) is 8.30. The highest BCUT2D eigenvalue weighted by Gasteiger charge is 2.32. The van der Waals surface area contributed by atoms with E-state index in [1.54, 1.807) is 0 Å². The highest BCUT2D eigenvalue weighted by atomic mass is 16.5. The molecule has 1 N–H and O–H groups in total. The lowest BCUT2D eigenvalue weighted by Gasteiger charge is -2.37. The van der Waals surface area contributed by atoms with Crippen molar-refractivity contribution in [3.05, 3.63) is 29.8 Å². The summed E-state index contributed by atoms with van der Waals surface area (Å²) in [5, 5.41) is 3.43. The SMILES string of the molecule is c1ccc2c(c1)OC[C@@H]1CNCC[C@H]21. The largest absolute Gasteiger partial charge is 0.493 e. The van der Waals surface area contributed by atoms with Crippen molar-refractivity contribution < 1.29 is 4.74 Å². The van der Waals surface area contributed by atoms with Gasteiger partial charge in [0, 0.05) is 12.5 Å². The molecule has 74 valence electrons. The lowest BCUT2D eigenvalue weighted by molar-refractivity contribution is 0.167. The van der Waals surface area contributed by atoms with Crippen molar-refractivity contribution >= 4 is 0 Å². The Balaban J connectivity index is 1.99. The van der Waals surface area contributed by atoms with E-state index in [1.807, 2.05) is 0 Å². The van der Waals surface area contributed by atoms with Crippen molar-refractivity contribution in [2.24, 2.45) is 5.92 Å². The van der Waals surface area contributed by atoms with Gasteiger partial charge in [-0.1, -0.05) is 18.2 Å². The minimum Gasteiger partial charge on any atom is -0.493 e. The summed E-state index contributed by atoms with van der Waals surface area (Å²) in [5.41, 5.74) is 1.42. The molecule has 0 unspecified atom stereocenters. The maximum Gasteiger partial charge on any atom is 0.122 e. The smallest absolute Gasteiger partial charge is 0.122 e. The molecule has 2 aliphatic heterocycles. The van der Waals surface area contributed by atoms with Crippen LogP contribution in [-0.2, 0) is 0 Å². The summed E-state index contributed by atoms with van der Waals surface area (Å²) >= 11 is 0. The molecule has 2 heteroatoms. The van der Waals surface area contributed by atoms with Crippen molar-refractivity contribution in [1.82, 2.24) is 5.32 Å². The van der Waals surface area contributed by atoms with Gasteiger partial charge in [-0.25, -0.2) is 0 Å². The normalized spacial score (nSPS) is 30.0. The van der Waals surface area contributed by atoms with Crippen molar-refractivity contribution in [1.29, 1.82) is 0 Å². The summed E-state index contributed by atoms with van der Waals surface area (Å²) in [4.78, 5) is 0. The Morgan fingerprint density at radius 2 is 2.21 bits per heavy atom. The minimum absolute atomic E-state index is 0.679. The molecule has 3 rings (SSSR count). The van der Waals surface area contributed by atoms with Gasteiger partial charge < -0.3 is 10.1 Å². The molecule has 2 aliphatic rings. The molecule has 1 aromatic rings. The van der Waals surface area contributed by atoms with Crippen molar-refractivity contribution in [3.63, 3.8) is 0 Å². The first-order chi connectivity index (χ1) is 6.95. The van der Waals surface area contributed by atoms with Gasteiger partial charge >= 0.3 is 0 Å². The van der Waals surface area contributed by atoms with Gasteiger partial charge in [0.2, 0.25) is 0 Å². The number of hydrogen-bond donors (Lipinski definition) is 1. The fourth-order valence-corrected chi connectivity index (χ4v) is 2.62. The second kappa shape index (κ2) is 3.28. The summed E-state index contributed by atoms with van der Waals surface area (Å²) < 4.78 is 5.75. The second-order valence-corrected chi connectivity index (χ2v) is 4.21. The van der Waals surface area contributed by atoms with Gasteiger partial charge in [0.05, 0.1) is 6.61 Å². The van der Waals surface area contributed by atoms with Crippen molar-refractivity contribution in [2.45, 2.75) is 12.3 Å². The summed E-state index contributed by atoms with van der Waals surface area (Å²) in [6, 6.07) is 8.48. The van der Waals surface area contributed by atoms with Crippen LogP contribution in [0, 0.1) is 5.92 Å². The van der Waals surface area contributed by atoms with Gasteiger partial charge in [-0.2, -0.15) is 0 Å². The van der Waals surface area contributed by atoms with Crippen LogP contribution >= 0.6 is 0 Å². The van der Waals surface area contributed by atoms with Crippen LogP contribution in [0.3, 0.4) is 0 Å². The minimum atomic E-state index is 0.679. The molecule has 2 heterocycles. The Kier molecular flexibility index (Phi) is 1.95. The van der Waals surface area contributed by atoms with Crippen LogP contribution in [0.15, 0.2) is 24.3 Å². The lowest BCUT2D eigenvalue weighted by Crippen LogP contribution is -2.40. The van der Waals surface area contributed by atoms with Crippen molar-refractivity contribution in [2.75, 3.05) is 19.7 Å². The Morgan fingerprint density at radius 3 is 3.21 bits per heavy atom. The summed E-state index contributed by atoms with van der Waals surface area (Å²) in [5.74, 6) is 2.51. The van der Waals surface area contributed by atoms with Crippen LogP contribution in [0.2, 0.25) is 0 Å². The average Bonchev–Trinajstić information content (AvgIpc) is 2.29. The molecule has 2 nitrogen and oxygen atoms in total. The molecule has 14 heavy (non-hydrogen) atoms. The zero-order valence-corrected chi connectivity index (χ0v) is 8.20. The molecule has 0 aromatic heterocycles. The van der Waals surface area contributed by atoms with E-state index >= 15 is 0 Å². The summed E-state index contributed by atoms with van der Waals surface area (Å²) in [6.45, 7) is 3.14. The standard InChI is InChI=1S/C12H15NO/c1-2-4-12-11(3-1)10-5-6-13-7-9(10)8-14-12/h1-4,9-10,13H,5-8H2/t9-,10-/m0/s1. The van der Waals surface area contributed by atoms with Gasteiger partial charge in [-0.05, 0) is 30.5 Å². The maximum absolute atomic E-state index is 5.75. The third-order valence-electron chi connectivity index (χ3n) is 3.38. The molecule has 1 saturated heterocycles. The van der Waals surface area contributed by atoms with E-state index in [2.05, 4.69) is 29.6 Å². The number of fused-ring (bicyclic) bond motifs is 3. The van der Waals surface area contributed by atoms with Crippen LogP contribution < -0.4 is 10.1 Å². The fourth-order valence-electron chi connectivity index (χ4n) is 2.62. The molecule has 0 bridgehead atoms. The van der Waals surface area contributed by atoms with Gasteiger partial charge in [-0.3, -0.25) is 0 Å². The van der Waals surface area contributed by atoms with Gasteiger partial charge in [0.1, 0.15) is 5.75 Å². The van der Waals surface area contributed by atoms with Gasteiger partial charge in [-0.15, -0.1) is 0 Å². The molecule has 0 spiro atoms. The topological polar surface area (TPSA) is 21.3 Å². The number of piperidine rings is 1. The van der Waals surface area contributed by atoms with Crippen molar-refractivity contribution in [3.8, 4) is 5.75 Å². The zero-order valence-electron chi connectivity index (χ0n) is 8.20. The molecule has 0 aliphatic carbocycles. The lowest BCUT2D eigenvalue weighted by atomic mass is 9.80. The highest BCUT2D eigenvalue weighted by Crippen LogP contribution is 2.39. The van der Waals surface area contributed by atoms with Crippen LogP contribution in [0.4, 0.5) is 0 Å². The predicted molar refractivity (Wildman–Crippen MR) is 55.7 cm³/mol. The molecule has 1 fully saturated rings. The fraction of sp³-hybridized carbons (Fsp3) is 0.500. The quantitative estimate of drug-likeness (QED) is 0.671. The first-order valence-corrected chi connectivity index (χ1v) is 5.37.